The number of nitrogens with zero attached hydrogens (tertiary/aromatic N) is 2. The Balaban J connectivity index is 1.58. The Morgan fingerprint density at radius 1 is 1.38 bits per heavy atom. The van der Waals surface area contributed by atoms with Crippen LogP contribution < -0.4 is 5.32 Å². The van der Waals surface area contributed by atoms with Gasteiger partial charge in [0.1, 0.15) is 11.6 Å². The van der Waals surface area contributed by atoms with Gasteiger partial charge in [0, 0.05) is 17.4 Å². The van der Waals surface area contributed by atoms with Crippen molar-refractivity contribution in [2.24, 2.45) is 0 Å². The number of aliphatic hydroxyl groups is 1. The molecule has 0 aliphatic heterocycles. The zero-order valence-electron chi connectivity index (χ0n) is 10.9. The zero-order chi connectivity index (χ0) is 14.8. The minimum atomic E-state index is -1.09. The highest BCUT2D eigenvalue weighted by Crippen LogP contribution is 2.32. The van der Waals surface area contributed by atoms with Gasteiger partial charge in [-0.3, -0.25) is 0 Å². The second-order valence-corrected chi connectivity index (χ2v) is 7.03. The summed E-state index contributed by atoms with van der Waals surface area (Å²) >= 11 is 2.67. The van der Waals surface area contributed by atoms with Crippen molar-refractivity contribution in [2.45, 2.75) is 29.3 Å². The van der Waals surface area contributed by atoms with Crippen LogP contribution in [0.1, 0.15) is 24.5 Å². The fraction of sp³-hybridized carbons (Fsp3) is 0.385. The first-order valence-electron chi connectivity index (χ1n) is 6.47. The topological polar surface area (TPSA) is 58.0 Å². The van der Waals surface area contributed by atoms with Gasteiger partial charge in [-0.2, -0.15) is 0 Å². The fourth-order valence-electron chi connectivity index (χ4n) is 1.74. The summed E-state index contributed by atoms with van der Waals surface area (Å²) in [5.74, 6) is -0.988. The lowest BCUT2D eigenvalue weighted by Gasteiger charge is -2.10. The molecule has 0 radical (unpaired) electrons. The predicted molar refractivity (Wildman–Crippen MR) is 78.6 cm³/mol. The molecule has 1 fully saturated rings. The van der Waals surface area contributed by atoms with Crippen molar-refractivity contribution >= 4 is 28.2 Å². The number of nitrogens with one attached hydrogen (secondary N) is 1. The smallest absolute Gasteiger partial charge is 0.206 e. The normalized spacial score (nSPS) is 16.0. The number of anilines is 1. The molecular formula is C13H13F2N3OS2. The SMILES string of the molecule is O[C@@H](CSc1nnc(NC2CC2)s1)c1cc(F)ccc1F. The minimum Gasteiger partial charge on any atom is -0.387 e. The molecule has 0 amide bonds. The van der Waals surface area contributed by atoms with Crippen LogP contribution in [0.3, 0.4) is 0 Å². The lowest BCUT2D eigenvalue weighted by atomic mass is 10.1. The molecule has 0 spiro atoms. The standard InChI is InChI=1S/C13H13F2N3OS2/c14-7-1-4-10(15)9(5-7)11(19)6-20-13-18-17-12(21-13)16-8-2-3-8/h1,4-5,8,11,19H,2-3,6H2,(H,16,17)/t11-/m0/s1. The van der Waals surface area contributed by atoms with Crippen LogP contribution in [-0.4, -0.2) is 27.1 Å². The molecule has 0 bridgehead atoms. The second-order valence-electron chi connectivity index (χ2n) is 4.78. The Morgan fingerprint density at radius 3 is 2.95 bits per heavy atom. The predicted octanol–water partition coefficient (Wildman–Crippen LogP) is 3.22. The van der Waals surface area contributed by atoms with Gasteiger partial charge in [0.2, 0.25) is 5.13 Å². The van der Waals surface area contributed by atoms with E-state index in [1.165, 1.54) is 23.1 Å². The molecule has 4 nitrogen and oxygen atoms in total. The molecule has 1 aromatic heterocycles. The van der Waals surface area contributed by atoms with E-state index in [1.54, 1.807) is 0 Å². The van der Waals surface area contributed by atoms with Gasteiger partial charge in [0.15, 0.2) is 4.34 Å². The van der Waals surface area contributed by atoms with E-state index in [9.17, 15) is 13.9 Å². The number of aromatic nitrogens is 2. The summed E-state index contributed by atoms with van der Waals surface area (Å²) in [5, 5.41) is 21.9. The first kappa shape index (κ1) is 14.7. The molecule has 8 heteroatoms. The van der Waals surface area contributed by atoms with Gasteiger partial charge in [-0.1, -0.05) is 23.1 Å². The average molecular weight is 329 g/mol. The molecule has 0 saturated heterocycles. The molecule has 1 aliphatic carbocycles. The monoisotopic (exact) mass is 329 g/mol. The van der Waals surface area contributed by atoms with E-state index >= 15 is 0 Å². The number of rotatable bonds is 6. The molecule has 0 unspecified atom stereocenters. The molecule has 3 rings (SSSR count). The molecule has 2 N–H and O–H groups in total. The van der Waals surface area contributed by atoms with Crippen LogP contribution in [0.4, 0.5) is 13.9 Å². The van der Waals surface area contributed by atoms with Crippen LogP contribution in [0.2, 0.25) is 0 Å². The zero-order valence-corrected chi connectivity index (χ0v) is 12.6. The summed E-state index contributed by atoms with van der Waals surface area (Å²) in [4.78, 5) is 0. The molecule has 112 valence electrons. The summed E-state index contributed by atoms with van der Waals surface area (Å²) in [6.45, 7) is 0. The Labute approximate surface area is 128 Å². The molecule has 2 aromatic rings. The molecule has 1 heterocycles. The number of aliphatic hydroxyl groups excluding tert-OH is 1. The fourth-order valence-corrected chi connectivity index (χ4v) is 3.55. The van der Waals surface area contributed by atoms with Gasteiger partial charge in [-0.05, 0) is 31.0 Å². The van der Waals surface area contributed by atoms with Crippen LogP contribution >= 0.6 is 23.1 Å². The van der Waals surface area contributed by atoms with Crippen LogP contribution in [-0.2, 0) is 0 Å². The quantitative estimate of drug-likeness (QED) is 0.797. The molecular weight excluding hydrogens is 316 g/mol. The van der Waals surface area contributed by atoms with Gasteiger partial charge in [0.25, 0.3) is 0 Å². The van der Waals surface area contributed by atoms with Crippen molar-refractivity contribution in [3.05, 3.63) is 35.4 Å². The van der Waals surface area contributed by atoms with Crippen molar-refractivity contribution < 1.29 is 13.9 Å². The Kier molecular flexibility index (Phi) is 4.37. The molecule has 1 aromatic carbocycles. The highest BCUT2D eigenvalue weighted by Gasteiger charge is 2.22. The van der Waals surface area contributed by atoms with E-state index in [0.29, 0.717) is 10.4 Å². The molecule has 1 aliphatic rings. The van der Waals surface area contributed by atoms with Crippen LogP contribution in [0.15, 0.2) is 22.5 Å². The van der Waals surface area contributed by atoms with Gasteiger partial charge in [0.05, 0.1) is 6.10 Å². The Hall–Kier alpha value is -1.25. The summed E-state index contributed by atoms with van der Waals surface area (Å²) in [6.07, 6.45) is 1.22. The summed E-state index contributed by atoms with van der Waals surface area (Å²) in [6, 6.07) is 3.56. The van der Waals surface area contributed by atoms with Crippen LogP contribution in [0.5, 0.6) is 0 Å². The highest BCUT2D eigenvalue weighted by molar-refractivity contribution is 8.01. The van der Waals surface area contributed by atoms with Gasteiger partial charge in [-0.25, -0.2) is 8.78 Å². The maximum absolute atomic E-state index is 13.5. The highest BCUT2D eigenvalue weighted by atomic mass is 32.2. The van der Waals surface area contributed by atoms with Crippen molar-refractivity contribution in [1.29, 1.82) is 0 Å². The van der Waals surface area contributed by atoms with Gasteiger partial charge < -0.3 is 10.4 Å². The first-order chi connectivity index (χ1) is 10.1. The summed E-state index contributed by atoms with van der Waals surface area (Å²) < 4.78 is 27.3. The third-order valence-corrected chi connectivity index (χ3v) is 5.06. The third kappa shape index (κ3) is 3.90. The summed E-state index contributed by atoms with van der Waals surface area (Å²) in [5.41, 5.74) is -0.0386. The van der Waals surface area contributed by atoms with E-state index in [1.807, 2.05) is 0 Å². The molecule has 1 atom stereocenters. The number of hydrogen-bond acceptors (Lipinski definition) is 6. The lowest BCUT2D eigenvalue weighted by molar-refractivity contribution is 0.198. The second kappa shape index (κ2) is 6.25. The first-order valence-corrected chi connectivity index (χ1v) is 8.28. The Bertz CT molecular complexity index is 634. The maximum atomic E-state index is 13.5. The number of thioether (sulfide) groups is 1. The van der Waals surface area contributed by atoms with Crippen LogP contribution in [0.25, 0.3) is 0 Å². The average Bonchev–Trinajstić information content (AvgIpc) is 3.16. The third-order valence-electron chi connectivity index (χ3n) is 2.99. The van der Waals surface area contributed by atoms with E-state index in [2.05, 4.69) is 15.5 Å². The maximum Gasteiger partial charge on any atom is 0.206 e. The molecule has 1 saturated carbocycles. The van der Waals surface area contributed by atoms with E-state index < -0.39 is 17.7 Å². The van der Waals surface area contributed by atoms with Gasteiger partial charge in [-0.15, -0.1) is 10.2 Å². The Morgan fingerprint density at radius 2 is 2.19 bits per heavy atom. The number of halogens is 2. The largest absolute Gasteiger partial charge is 0.387 e. The molecule has 21 heavy (non-hydrogen) atoms. The minimum absolute atomic E-state index is 0.0386. The van der Waals surface area contributed by atoms with Crippen molar-refractivity contribution in [1.82, 2.24) is 10.2 Å². The lowest BCUT2D eigenvalue weighted by Crippen LogP contribution is -2.04. The van der Waals surface area contributed by atoms with Crippen LogP contribution in [0, 0.1) is 11.6 Å². The van der Waals surface area contributed by atoms with Crippen molar-refractivity contribution in [3.63, 3.8) is 0 Å². The van der Waals surface area contributed by atoms with Gasteiger partial charge >= 0.3 is 0 Å². The van der Waals surface area contributed by atoms with E-state index in [0.717, 1.165) is 36.2 Å². The van der Waals surface area contributed by atoms with E-state index in [-0.39, 0.29) is 11.3 Å². The summed E-state index contributed by atoms with van der Waals surface area (Å²) in [7, 11) is 0. The van der Waals surface area contributed by atoms with Crippen molar-refractivity contribution in [3.8, 4) is 0 Å². The van der Waals surface area contributed by atoms with Crippen molar-refractivity contribution in [2.75, 3.05) is 11.1 Å². The number of hydrogen-bond donors (Lipinski definition) is 2. The van der Waals surface area contributed by atoms with E-state index in [4.69, 9.17) is 0 Å². The number of benzene rings is 1.